The summed E-state index contributed by atoms with van der Waals surface area (Å²) in [7, 11) is 0. The number of carbonyl (C=O) groups excluding carboxylic acids is 4. The lowest BCUT2D eigenvalue weighted by atomic mass is 10.2. The number of hydrogen-bond donors (Lipinski definition) is 2. The number of halogens is 1. The predicted octanol–water partition coefficient (Wildman–Crippen LogP) is 4.44. The molecule has 2 rings (SSSR count). The lowest BCUT2D eigenvalue weighted by Crippen LogP contribution is -2.21. The van der Waals surface area contributed by atoms with Crippen molar-refractivity contribution in [1.82, 2.24) is 0 Å². The van der Waals surface area contributed by atoms with Crippen LogP contribution in [0.1, 0.15) is 43.5 Å². The molecule has 2 aromatic rings. The molecule has 0 aliphatic carbocycles. The maximum Gasteiger partial charge on any atom is 0.338 e. The van der Waals surface area contributed by atoms with Gasteiger partial charge in [0.1, 0.15) is 0 Å². The van der Waals surface area contributed by atoms with Gasteiger partial charge in [-0.1, -0.05) is 25.4 Å². The smallest absolute Gasteiger partial charge is 0.338 e. The van der Waals surface area contributed by atoms with E-state index < -0.39 is 24.5 Å². The van der Waals surface area contributed by atoms with E-state index in [1.807, 2.05) is 13.8 Å². The Balaban J connectivity index is 1.64. The van der Waals surface area contributed by atoms with Crippen LogP contribution in [-0.2, 0) is 23.9 Å². The second kappa shape index (κ2) is 13.2. The van der Waals surface area contributed by atoms with Gasteiger partial charge in [0.05, 0.1) is 12.2 Å². The van der Waals surface area contributed by atoms with E-state index in [-0.39, 0.29) is 31.1 Å². The van der Waals surface area contributed by atoms with Crippen LogP contribution < -0.4 is 10.6 Å². The van der Waals surface area contributed by atoms with Crippen molar-refractivity contribution < 1.29 is 28.7 Å². The van der Waals surface area contributed by atoms with Crippen LogP contribution in [0.15, 0.2) is 48.5 Å². The van der Waals surface area contributed by atoms with Gasteiger partial charge in [0.2, 0.25) is 5.91 Å². The van der Waals surface area contributed by atoms with Gasteiger partial charge in [-0.2, -0.15) is 0 Å². The number of carbonyl (C=O) groups is 4. The Morgan fingerprint density at radius 1 is 0.818 bits per heavy atom. The van der Waals surface area contributed by atoms with Crippen LogP contribution in [0.4, 0.5) is 11.4 Å². The summed E-state index contributed by atoms with van der Waals surface area (Å²) < 4.78 is 10.1. The highest BCUT2D eigenvalue weighted by atomic mass is 35.5. The zero-order valence-electron chi connectivity index (χ0n) is 18.6. The molecule has 0 fully saturated rings. The maximum absolute atomic E-state index is 12.1. The fourth-order valence-electron chi connectivity index (χ4n) is 2.58. The lowest BCUT2D eigenvalue weighted by molar-refractivity contribution is -0.147. The summed E-state index contributed by atoms with van der Waals surface area (Å²) in [6.45, 7) is 3.82. The van der Waals surface area contributed by atoms with Crippen LogP contribution in [0.2, 0.25) is 5.02 Å². The molecule has 2 N–H and O–H groups in total. The molecule has 0 atom stereocenters. The third-order valence-electron chi connectivity index (χ3n) is 4.23. The molecule has 0 aliphatic rings. The van der Waals surface area contributed by atoms with Crippen molar-refractivity contribution in [2.24, 2.45) is 5.92 Å². The van der Waals surface area contributed by atoms with E-state index in [2.05, 4.69) is 10.6 Å². The number of esters is 2. The molecule has 0 heterocycles. The molecule has 0 saturated heterocycles. The maximum atomic E-state index is 12.1. The van der Waals surface area contributed by atoms with Gasteiger partial charge in [0, 0.05) is 29.2 Å². The molecular formula is C24H27ClN2O6. The first-order valence-electron chi connectivity index (χ1n) is 10.5. The van der Waals surface area contributed by atoms with E-state index >= 15 is 0 Å². The molecule has 0 bridgehead atoms. The highest BCUT2D eigenvalue weighted by Gasteiger charge is 2.11. The summed E-state index contributed by atoms with van der Waals surface area (Å²) >= 11 is 5.78. The number of nitrogens with one attached hydrogen (secondary N) is 2. The van der Waals surface area contributed by atoms with E-state index in [0.29, 0.717) is 28.6 Å². The first kappa shape index (κ1) is 25.9. The van der Waals surface area contributed by atoms with Crippen molar-refractivity contribution in [3.63, 3.8) is 0 Å². The van der Waals surface area contributed by atoms with E-state index in [4.69, 9.17) is 21.1 Å². The van der Waals surface area contributed by atoms with E-state index in [1.54, 1.807) is 48.5 Å². The van der Waals surface area contributed by atoms with Crippen molar-refractivity contribution in [1.29, 1.82) is 0 Å². The molecule has 9 heteroatoms. The highest BCUT2D eigenvalue weighted by molar-refractivity contribution is 6.30. The molecule has 8 nitrogen and oxygen atoms in total. The summed E-state index contributed by atoms with van der Waals surface area (Å²) in [5, 5.41) is 5.82. The van der Waals surface area contributed by atoms with E-state index in [1.165, 1.54) is 0 Å². The molecule has 0 radical (unpaired) electrons. The molecule has 33 heavy (non-hydrogen) atoms. The van der Waals surface area contributed by atoms with Crippen molar-refractivity contribution in [3.8, 4) is 0 Å². The summed E-state index contributed by atoms with van der Waals surface area (Å²) in [4.78, 5) is 47.5. The van der Waals surface area contributed by atoms with Gasteiger partial charge in [-0.15, -0.1) is 0 Å². The van der Waals surface area contributed by atoms with Crippen molar-refractivity contribution >= 4 is 46.7 Å². The minimum absolute atomic E-state index is 0.00226. The number of amides is 2. The Kier molecular flexibility index (Phi) is 10.4. The Hall–Kier alpha value is -3.39. The van der Waals surface area contributed by atoms with Crippen LogP contribution in [0, 0.1) is 5.92 Å². The fraction of sp³-hybridized carbons (Fsp3) is 0.333. The minimum Gasteiger partial charge on any atom is -0.462 e. The molecule has 0 spiro atoms. The van der Waals surface area contributed by atoms with Gasteiger partial charge in [-0.05, 0) is 60.9 Å². The SMILES string of the molecule is CC(C)COC(=O)c1ccc(NC(=O)CCCC(=O)OCC(=O)Nc2ccc(Cl)cc2)cc1. The number of rotatable bonds is 11. The minimum atomic E-state index is -0.571. The quantitative estimate of drug-likeness (QED) is 0.466. The topological polar surface area (TPSA) is 111 Å². The van der Waals surface area contributed by atoms with Crippen LogP contribution in [0.5, 0.6) is 0 Å². The average molecular weight is 475 g/mol. The zero-order valence-corrected chi connectivity index (χ0v) is 19.3. The van der Waals surface area contributed by atoms with Crippen molar-refractivity contribution in [3.05, 3.63) is 59.1 Å². The third kappa shape index (κ3) is 10.2. The van der Waals surface area contributed by atoms with Gasteiger partial charge >= 0.3 is 11.9 Å². The van der Waals surface area contributed by atoms with E-state index in [0.717, 1.165) is 0 Å². The largest absolute Gasteiger partial charge is 0.462 e. The Bertz CT molecular complexity index is 958. The van der Waals surface area contributed by atoms with Crippen molar-refractivity contribution in [2.45, 2.75) is 33.1 Å². The molecule has 2 amide bonds. The van der Waals surface area contributed by atoms with Gasteiger partial charge in [0.25, 0.3) is 5.91 Å². The Morgan fingerprint density at radius 2 is 1.39 bits per heavy atom. The fourth-order valence-corrected chi connectivity index (χ4v) is 2.71. The summed E-state index contributed by atoms with van der Waals surface area (Å²) in [6.07, 6.45) is 0.371. The van der Waals surface area contributed by atoms with Crippen LogP contribution >= 0.6 is 11.6 Å². The van der Waals surface area contributed by atoms with Crippen LogP contribution in [-0.4, -0.2) is 37.0 Å². The third-order valence-corrected chi connectivity index (χ3v) is 4.48. The zero-order chi connectivity index (χ0) is 24.2. The van der Waals surface area contributed by atoms with E-state index in [9.17, 15) is 19.2 Å². The first-order valence-corrected chi connectivity index (χ1v) is 10.9. The number of hydrogen-bond acceptors (Lipinski definition) is 6. The van der Waals surface area contributed by atoms with Gasteiger partial charge < -0.3 is 20.1 Å². The molecule has 0 aromatic heterocycles. The molecule has 0 aliphatic heterocycles. The van der Waals surface area contributed by atoms with Crippen molar-refractivity contribution in [2.75, 3.05) is 23.8 Å². The second-order valence-electron chi connectivity index (χ2n) is 7.69. The molecule has 0 saturated carbocycles. The monoisotopic (exact) mass is 474 g/mol. The van der Waals surface area contributed by atoms with Crippen LogP contribution in [0.25, 0.3) is 0 Å². The molecular weight excluding hydrogens is 448 g/mol. The van der Waals surface area contributed by atoms with Gasteiger partial charge in [0.15, 0.2) is 6.61 Å². The van der Waals surface area contributed by atoms with Gasteiger partial charge in [-0.25, -0.2) is 4.79 Å². The number of anilines is 2. The summed E-state index contributed by atoms with van der Waals surface area (Å²) in [5.74, 6) is -1.49. The number of benzene rings is 2. The standard InChI is InChI=1S/C24H27ClN2O6/c1-16(2)14-33-24(31)17-6-10-19(11-7-17)26-21(28)4-3-5-23(30)32-15-22(29)27-20-12-8-18(25)9-13-20/h6-13,16H,3-5,14-15H2,1-2H3,(H,26,28)(H,27,29). The van der Waals surface area contributed by atoms with Crippen LogP contribution in [0.3, 0.4) is 0 Å². The second-order valence-corrected chi connectivity index (χ2v) is 8.12. The lowest BCUT2D eigenvalue weighted by Gasteiger charge is -2.09. The Labute approximate surface area is 197 Å². The average Bonchev–Trinajstić information content (AvgIpc) is 2.78. The normalized spacial score (nSPS) is 10.4. The molecule has 0 unspecified atom stereocenters. The molecule has 176 valence electrons. The highest BCUT2D eigenvalue weighted by Crippen LogP contribution is 2.14. The van der Waals surface area contributed by atoms with Gasteiger partial charge in [-0.3, -0.25) is 14.4 Å². The molecule has 2 aromatic carbocycles. The summed E-state index contributed by atoms with van der Waals surface area (Å²) in [6, 6.07) is 12.9. The first-order chi connectivity index (χ1) is 15.7. The predicted molar refractivity (Wildman–Crippen MR) is 125 cm³/mol. The summed E-state index contributed by atoms with van der Waals surface area (Å²) in [5.41, 5.74) is 1.47. The number of ether oxygens (including phenoxy) is 2. The Morgan fingerprint density at radius 3 is 2.00 bits per heavy atom.